The van der Waals surface area contributed by atoms with Crippen molar-refractivity contribution in [2.24, 2.45) is 10.8 Å². The van der Waals surface area contributed by atoms with Gasteiger partial charge in [-0.05, 0) is 35.5 Å². The van der Waals surface area contributed by atoms with E-state index in [2.05, 4.69) is 22.7 Å². The maximum Gasteiger partial charge on any atom is 0.184 e. The zero-order valence-corrected chi connectivity index (χ0v) is 8.91. The summed E-state index contributed by atoms with van der Waals surface area (Å²) < 4.78 is 0. The van der Waals surface area contributed by atoms with Crippen LogP contribution in [0.25, 0.3) is 0 Å². The van der Waals surface area contributed by atoms with Gasteiger partial charge in [-0.3, -0.25) is 5.43 Å². The molecular formula is C8H11N3S2. The lowest BCUT2D eigenvalue weighted by Gasteiger charge is -2.01. The van der Waals surface area contributed by atoms with Gasteiger partial charge in [0.15, 0.2) is 5.11 Å². The quantitative estimate of drug-likeness (QED) is 0.456. The molecule has 0 aromatic carbocycles. The third-order valence-electron chi connectivity index (χ3n) is 1.49. The molecule has 0 saturated carbocycles. The Morgan fingerprint density at radius 2 is 2.54 bits per heavy atom. The van der Waals surface area contributed by atoms with Crippen LogP contribution < -0.4 is 11.2 Å². The van der Waals surface area contributed by atoms with Gasteiger partial charge in [-0.1, -0.05) is 6.92 Å². The number of nitrogens with two attached hydrogens (primary N) is 1. The summed E-state index contributed by atoms with van der Waals surface area (Å²) >= 11 is 6.30. The number of thiocarbonyl (C=S) groups is 1. The van der Waals surface area contributed by atoms with Crippen LogP contribution in [-0.2, 0) is 0 Å². The van der Waals surface area contributed by atoms with Crippen LogP contribution in [0.3, 0.4) is 0 Å². The van der Waals surface area contributed by atoms with Gasteiger partial charge in [-0.25, -0.2) is 0 Å². The van der Waals surface area contributed by atoms with Crippen LogP contribution in [0.2, 0.25) is 0 Å². The molecule has 0 radical (unpaired) electrons. The molecule has 0 spiro atoms. The average molecular weight is 213 g/mol. The summed E-state index contributed by atoms with van der Waals surface area (Å²) in [4.78, 5) is 0. The summed E-state index contributed by atoms with van der Waals surface area (Å²) in [6, 6.07) is 2.02. The maximum absolute atomic E-state index is 5.26. The van der Waals surface area contributed by atoms with Gasteiger partial charge in [0.2, 0.25) is 0 Å². The van der Waals surface area contributed by atoms with Crippen LogP contribution in [0.15, 0.2) is 21.9 Å². The summed E-state index contributed by atoms with van der Waals surface area (Å²) in [6.07, 6.45) is 0.854. The van der Waals surface area contributed by atoms with E-state index in [-0.39, 0.29) is 5.11 Å². The minimum absolute atomic E-state index is 0.196. The molecular weight excluding hydrogens is 202 g/mol. The predicted molar refractivity (Wildman–Crippen MR) is 61.1 cm³/mol. The van der Waals surface area contributed by atoms with E-state index in [0.29, 0.717) is 0 Å². The molecule has 1 heterocycles. The molecule has 5 heteroatoms. The standard InChI is InChI=1S/C8H11N3S2/c1-2-7(10-11-8(9)12)6-3-4-13-5-6/h3-5H,2H2,1H3,(H3,9,11,12)/b10-7+. The lowest BCUT2D eigenvalue weighted by Crippen LogP contribution is -2.25. The molecule has 0 amide bonds. The van der Waals surface area contributed by atoms with Crippen molar-refractivity contribution in [3.63, 3.8) is 0 Å². The molecule has 3 N–H and O–H groups in total. The summed E-state index contributed by atoms with van der Waals surface area (Å²) in [5.41, 5.74) is 9.94. The van der Waals surface area contributed by atoms with Crippen LogP contribution in [0.1, 0.15) is 18.9 Å². The minimum atomic E-state index is 0.196. The fraction of sp³-hybridized carbons (Fsp3) is 0.250. The first kappa shape index (κ1) is 10.1. The van der Waals surface area contributed by atoms with Crippen molar-refractivity contribution in [2.45, 2.75) is 13.3 Å². The van der Waals surface area contributed by atoms with Crippen molar-refractivity contribution >= 4 is 34.4 Å². The average Bonchev–Trinajstić information content (AvgIpc) is 2.58. The van der Waals surface area contributed by atoms with Crippen molar-refractivity contribution in [3.8, 4) is 0 Å². The maximum atomic E-state index is 5.26. The van der Waals surface area contributed by atoms with Crippen LogP contribution in [-0.4, -0.2) is 10.8 Å². The van der Waals surface area contributed by atoms with E-state index < -0.39 is 0 Å². The lowest BCUT2D eigenvalue weighted by molar-refractivity contribution is 1.01. The Bertz CT molecular complexity index is 303. The number of thiophene rings is 1. The van der Waals surface area contributed by atoms with Crippen molar-refractivity contribution in [2.75, 3.05) is 0 Å². The molecule has 1 aromatic heterocycles. The van der Waals surface area contributed by atoms with Crippen molar-refractivity contribution < 1.29 is 0 Å². The van der Waals surface area contributed by atoms with Gasteiger partial charge in [0.1, 0.15) is 0 Å². The van der Waals surface area contributed by atoms with E-state index in [4.69, 9.17) is 5.73 Å². The van der Waals surface area contributed by atoms with E-state index in [1.54, 1.807) is 11.3 Å². The van der Waals surface area contributed by atoms with Crippen LogP contribution in [0.4, 0.5) is 0 Å². The minimum Gasteiger partial charge on any atom is -0.375 e. The Morgan fingerprint density at radius 3 is 3.00 bits per heavy atom. The number of rotatable bonds is 3. The normalized spacial score (nSPS) is 11.3. The Kier molecular flexibility index (Phi) is 3.85. The Hall–Kier alpha value is -0.940. The second kappa shape index (κ2) is 4.94. The van der Waals surface area contributed by atoms with Crippen molar-refractivity contribution in [1.29, 1.82) is 0 Å². The summed E-state index contributed by atoms with van der Waals surface area (Å²) in [5, 5.41) is 8.35. The summed E-state index contributed by atoms with van der Waals surface area (Å²) in [7, 11) is 0. The zero-order valence-electron chi connectivity index (χ0n) is 7.28. The molecule has 0 atom stereocenters. The van der Waals surface area contributed by atoms with Gasteiger partial charge in [-0.15, -0.1) is 0 Å². The first-order valence-corrected chi connectivity index (χ1v) is 5.23. The largest absolute Gasteiger partial charge is 0.375 e. The predicted octanol–water partition coefficient (Wildman–Crippen LogP) is 1.70. The molecule has 0 unspecified atom stereocenters. The van der Waals surface area contributed by atoms with Crippen LogP contribution >= 0.6 is 23.6 Å². The number of nitrogens with zero attached hydrogens (tertiary/aromatic N) is 1. The third kappa shape index (κ3) is 3.12. The van der Waals surface area contributed by atoms with Gasteiger partial charge in [0.05, 0.1) is 5.71 Å². The molecule has 0 bridgehead atoms. The Morgan fingerprint density at radius 1 is 1.77 bits per heavy atom. The zero-order chi connectivity index (χ0) is 9.68. The molecule has 0 fully saturated rings. The molecule has 13 heavy (non-hydrogen) atoms. The number of nitrogens with one attached hydrogen (secondary N) is 1. The summed E-state index contributed by atoms with van der Waals surface area (Å²) in [6.45, 7) is 2.04. The van der Waals surface area contributed by atoms with Gasteiger partial charge >= 0.3 is 0 Å². The van der Waals surface area contributed by atoms with E-state index >= 15 is 0 Å². The Labute approximate surface area is 86.6 Å². The first-order valence-electron chi connectivity index (χ1n) is 3.88. The van der Waals surface area contributed by atoms with E-state index in [1.807, 2.05) is 23.8 Å². The second-order valence-corrected chi connectivity index (χ2v) is 3.62. The van der Waals surface area contributed by atoms with E-state index in [1.165, 1.54) is 0 Å². The monoisotopic (exact) mass is 213 g/mol. The van der Waals surface area contributed by atoms with Crippen molar-refractivity contribution in [1.82, 2.24) is 5.43 Å². The topological polar surface area (TPSA) is 50.4 Å². The second-order valence-electron chi connectivity index (χ2n) is 2.40. The van der Waals surface area contributed by atoms with Crippen LogP contribution in [0, 0.1) is 0 Å². The molecule has 1 aromatic rings. The van der Waals surface area contributed by atoms with Gasteiger partial charge < -0.3 is 5.73 Å². The van der Waals surface area contributed by atoms with E-state index in [9.17, 15) is 0 Å². The van der Waals surface area contributed by atoms with Gasteiger partial charge in [-0.2, -0.15) is 16.4 Å². The Balaban J connectivity index is 2.73. The SMILES string of the molecule is CC/C(=N\NC(N)=S)c1ccsc1. The van der Waals surface area contributed by atoms with Crippen molar-refractivity contribution in [3.05, 3.63) is 22.4 Å². The molecule has 0 aliphatic rings. The van der Waals surface area contributed by atoms with Crippen LogP contribution in [0.5, 0.6) is 0 Å². The van der Waals surface area contributed by atoms with Gasteiger partial charge in [0.25, 0.3) is 0 Å². The highest BCUT2D eigenvalue weighted by Gasteiger charge is 2.00. The smallest absolute Gasteiger partial charge is 0.184 e. The fourth-order valence-corrected chi connectivity index (χ4v) is 1.61. The highest BCUT2D eigenvalue weighted by Crippen LogP contribution is 2.08. The summed E-state index contributed by atoms with van der Waals surface area (Å²) in [5.74, 6) is 0. The third-order valence-corrected chi connectivity index (χ3v) is 2.26. The lowest BCUT2D eigenvalue weighted by atomic mass is 10.2. The molecule has 0 saturated heterocycles. The highest BCUT2D eigenvalue weighted by molar-refractivity contribution is 7.80. The van der Waals surface area contributed by atoms with E-state index in [0.717, 1.165) is 17.7 Å². The number of hydrogen-bond donors (Lipinski definition) is 2. The fourth-order valence-electron chi connectivity index (χ4n) is 0.899. The highest BCUT2D eigenvalue weighted by atomic mass is 32.1. The number of hydrazone groups is 1. The molecule has 0 aliphatic heterocycles. The first-order chi connectivity index (χ1) is 6.24. The molecule has 3 nitrogen and oxygen atoms in total. The molecule has 0 aliphatic carbocycles. The van der Waals surface area contributed by atoms with Gasteiger partial charge in [0, 0.05) is 5.56 Å². The molecule has 70 valence electrons. The molecule has 1 rings (SSSR count). The number of hydrogen-bond acceptors (Lipinski definition) is 3.